The fraction of sp³-hybridized carbons (Fsp3) is 0.286. The quantitative estimate of drug-likeness (QED) is 0.334. The van der Waals surface area contributed by atoms with Gasteiger partial charge in [0.2, 0.25) is 15.9 Å². The van der Waals surface area contributed by atoms with E-state index in [4.69, 9.17) is 4.74 Å². The Labute approximate surface area is 195 Å². The van der Waals surface area contributed by atoms with Gasteiger partial charge < -0.3 is 10.1 Å². The molecule has 3 amide bonds. The number of hydrogen-bond donors (Lipinski definition) is 1. The van der Waals surface area contributed by atoms with Crippen LogP contribution in [-0.4, -0.2) is 67.0 Å². The number of nitrogens with zero attached hydrogens (tertiary/aromatic N) is 3. The average molecular weight is 490 g/mol. The first-order valence-corrected chi connectivity index (χ1v) is 11.5. The average Bonchev–Trinajstić information content (AvgIpc) is 3.04. The van der Waals surface area contributed by atoms with Crippen LogP contribution in [0.25, 0.3) is 0 Å². The molecule has 2 aromatic carbocycles. The van der Waals surface area contributed by atoms with Crippen molar-refractivity contribution in [2.24, 2.45) is 0 Å². The number of fused-ring (bicyclic) bond motifs is 1. The van der Waals surface area contributed by atoms with Gasteiger partial charge in [0.05, 0.1) is 17.1 Å². The van der Waals surface area contributed by atoms with E-state index in [-0.39, 0.29) is 34.1 Å². The Morgan fingerprint density at radius 3 is 2.47 bits per heavy atom. The lowest BCUT2D eigenvalue weighted by atomic mass is 10.1. The Morgan fingerprint density at radius 2 is 1.88 bits per heavy atom. The summed E-state index contributed by atoms with van der Waals surface area (Å²) in [5.41, 5.74) is -0.990. The van der Waals surface area contributed by atoms with Gasteiger partial charge in [-0.2, -0.15) is 0 Å². The minimum Gasteiger partial charge on any atom is -0.492 e. The first kappa shape index (κ1) is 24.8. The van der Waals surface area contributed by atoms with E-state index in [1.807, 2.05) is 0 Å². The van der Waals surface area contributed by atoms with E-state index in [1.165, 1.54) is 51.4 Å². The second-order valence-electron chi connectivity index (χ2n) is 7.48. The molecule has 0 spiro atoms. The van der Waals surface area contributed by atoms with Gasteiger partial charge in [0.1, 0.15) is 22.3 Å². The first-order chi connectivity index (χ1) is 15.9. The number of sulfonamides is 1. The number of rotatable bonds is 8. The van der Waals surface area contributed by atoms with Crippen molar-refractivity contribution in [3.05, 3.63) is 57.6 Å². The maximum atomic E-state index is 12.9. The fourth-order valence-electron chi connectivity index (χ4n) is 3.41. The number of nitro benzene ring substituents is 1. The Morgan fingerprint density at radius 1 is 1.21 bits per heavy atom. The van der Waals surface area contributed by atoms with Gasteiger partial charge in [-0.3, -0.25) is 29.4 Å². The molecule has 0 aromatic heterocycles. The lowest BCUT2D eigenvalue weighted by molar-refractivity contribution is -0.385. The number of nitrogens with one attached hydrogen (secondary N) is 1. The van der Waals surface area contributed by atoms with Gasteiger partial charge in [-0.1, -0.05) is 6.07 Å². The van der Waals surface area contributed by atoms with Crippen LogP contribution in [0.4, 0.5) is 11.4 Å². The molecular weight excluding hydrogens is 468 g/mol. The molecule has 2 aromatic rings. The SMILES string of the molecule is CCOc1ccc(NC(=O)C(C)N2C(=O)c3cccc([N+](=O)[O-])c3C2=O)cc1S(=O)(=O)N(C)C. The molecule has 3 rings (SSSR count). The summed E-state index contributed by atoms with van der Waals surface area (Å²) in [6.07, 6.45) is 0. The van der Waals surface area contributed by atoms with Crippen LogP contribution in [0.1, 0.15) is 34.6 Å². The van der Waals surface area contributed by atoms with Crippen molar-refractivity contribution in [3.8, 4) is 5.75 Å². The largest absolute Gasteiger partial charge is 0.492 e. The molecule has 0 saturated heterocycles. The highest BCUT2D eigenvalue weighted by molar-refractivity contribution is 7.89. The van der Waals surface area contributed by atoms with Crippen molar-refractivity contribution in [2.75, 3.05) is 26.0 Å². The van der Waals surface area contributed by atoms with E-state index in [9.17, 15) is 32.9 Å². The third kappa shape index (κ3) is 4.22. The molecule has 1 heterocycles. The summed E-state index contributed by atoms with van der Waals surface area (Å²) in [4.78, 5) is 49.4. The molecule has 34 heavy (non-hydrogen) atoms. The number of imide groups is 1. The van der Waals surface area contributed by atoms with Crippen LogP contribution < -0.4 is 10.1 Å². The highest BCUT2D eigenvalue weighted by Crippen LogP contribution is 2.33. The third-order valence-corrected chi connectivity index (χ3v) is 6.99. The van der Waals surface area contributed by atoms with Crippen molar-refractivity contribution in [2.45, 2.75) is 24.8 Å². The molecule has 1 atom stereocenters. The van der Waals surface area contributed by atoms with Gasteiger partial charge >= 0.3 is 0 Å². The minimum absolute atomic E-state index is 0.0864. The maximum Gasteiger partial charge on any atom is 0.282 e. The molecule has 12 nitrogen and oxygen atoms in total. The number of carbonyl (C=O) groups is 3. The highest BCUT2D eigenvalue weighted by atomic mass is 32.2. The van der Waals surface area contributed by atoms with Gasteiger partial charge in [0.15, 0.2) is 0 Å². The van der Waals surface area contributed by atoms with Crippen LogP contribution in [-0.2, 0) is 14.8 Å². The molecule has 0 fully saturated rings. The summed E-state index contributed by atoms with van der Waals surface area (Å²) in [5, 5.41) is 13.8. The van der Waals surface area contributed by atoms with E-state index in [0.717, 1.165) is 10.4 Å². The van der Waals surface area contributed by atoms with Crippen molar-refractivity contribution in [1.82, 2.24) is 9.21 Å². The smallest absolute Gasteiger partial charge is 0.282 e. The Kier molecular flexibility index (Phi) is 6.70. The number of benzene rings is 2. The molecule has 1 aliphatic rings. The summed E-state index contributed by atoms with van der Waals surface area (Å²) < 4.78 is 31.8. The first-order valence-electron chi connectivity index (χ1n) is 10.1. The van der Waals surface area contributed by atoms with Crippen molar-refractivity contribution >= 4 is 39.1 Å². The van der Waals surface area contributed by atoms with Gasteiger partial charge in [-0.25, -0.2) is 12.7 Å². The van der Waals surface area contributed by atoms with Crippen LogP contribution >= 0.6 is 0 Å². The molecule has 0 bridgehead atoms. The van der Waals surface area contributed by atoms with E-state index >= 15 is 0 Å². The van der Waals surface area contributed by atoms with Crippen LogP contribution in [0.5, 0.6) is 5.75 Å². The summed E-state index contributed by atoms with van der Waals surface area (Å²) in [6, 6.07) is 6.32. The molecule has 1 N–H and O–H groups in total. The number of ether oxygens (including phenoxy) is 1. The van der Waals surface area contributed by atoms with Crippen LogP contribution in [0.3, 0.4) is 0 Å². The number of amides is 3. The van der Waals surface area contributed by atoms with Crippen molar-refractivity contribution in [1.29, 1.82) is 0 Å². The molecular formula is C21H22N4O8S. The zero-order valence-corrected chi connectivity index (χ0v) is 19.6. The highest BCUT2D eigenvalue weighted by Gasteiger charge is 2.44. The zero-order valence-electron chi connectivity index (χ0n) is 18.8. The van der Waals surface area contributed by atoms with Gasteiger partial charge in [0, 0.05) is 25.8 Å². The molecule has 1 unspecified atom stereocenters. The normalized spacial score (nSPS) is 14.2. The van der Waals surface area contributed by atoms with E-state index in [1.54, 1.807) is 6.92 Å². The zero-order chi connectivity index (χ0) is 25.4. The monoisotopic (exact) mass is 490 g/mol. The predicted octanol–water partition coefficient (Wildman–Crippen LogP) is 1.87. The summed E-state index contributed by atoms with van der Waals surface area (Å²) in [6.45, 7) is 3.19. The third-order valence-electron chi connectivity index (χ3n) is 5.16. The fourth-order valence-corrected chi connectivity index (χ4v) is 4.46. The molecule has 0 aliphatic carbocycles. The molecule has 1 aliphatic heterocycles. The van der Waals surface area contributed by atoms with Gasteiger partial charge in [-0.05, 0) is 38.1 Å². The van der Waals surface area contributed by atoms with Crippen LogP contribution in [0, 0.1) is 10.1 Å². The molecule has 0 radical (unpaired) electrons. The second kappa shape index (κ2) is 9.19. The van der Waals surface area contributed by atoms with Crippen LogP contribution in [0.2, 0.25) is 0 Å². The Bertz CT molecular complexity index is 1310. The predicted molar refractivity (Wildman–Crippen MR) is 120 cm³/mol. The number of carbonyl (C=O) groups excluding carboxylic acids is 3. The topological polar surface area (TPSA) is 156 Å². The lowest BCUT2D eigenvalue weighted by Crippen LogP contribution is -2.45. The van der Waals surface area contributed by atoms with Gasteiger partial charge in [-0.15, -0.1) is 0 Å². The van der Waals surface area contributed by atoms with Crippen molar-refractivity contribution in [3.63, 3.8) is 0 Å². The van der Waals surface area contributed by atoms with E-state index in [0.29, 0.717) is 4.90 Å². The minimum atomic E-state index is -3.92. The van der Waals surface area contributed by atoms with Crippen LogP contribution in [0.15, 0.2) is 41.3 Å². The molecule has 180 valence electrons. The lowest BCUT2D eigenvalue weighted by Gasteiger charge is -2.22. The second-order valence-corrected chi connectivity index (χ2v) is 9.60. The standard InChI is InChI=1S/C21H22N4O8S/c1-5-33-16-10-9-13(11-17(16)34(31,32)23(3)4)22-19(26)12(2)24-20(27)14-7-6-8-15(25(29)30)18(14)21(24)28/h6-12H,5H2,1-4H3,(H,22,26). The Hall–Kier alpha value is -3.84. The summed E-state index contributed by atoms with van der Waals surface area (Å²) >= 11 is 0. The van der Waals surface area contributed by atoms with E-state index < -0.39 is 44.4 Å². The van der Waals surface area contributed by atoms with Gasteiger partial charge in [0.25, 0.3) is 17.5 Å². The number of hydrogen-bond acceptors (Lipinski definition) is 8. The molecule has 13 heteroatoms. The van der Waals surface area contributed by atoms with E-state index in [2.05, 4.69) is 5.32 Å². The molecule has 0 saturated carbocycles. The summed E-state index contributed by atoms with van der Waals surface area (Å²) in [7, 11) is -1.22. The number of anilines is 1. The Balaban J connectivity index is 1.91. The van der Waals surface area contributed by atoms with Crippen molar-refractivity contribution < 1.29 is 32.5 Å². The summed E-state index contributed by atoms with van der Waals surface area (Å²) in [5.74, 6) is -2.50. The maximum absolute atomic E-state index is 12.9. The number of nitro groups is 1.